The van der Waals surface area contributed by atoms with Crippen LogP contribution < -0.4 is 9.64 Å². The van der Waals surface area contributed by atoms with E-state index < -0.39 is 22.2 Å². The summed E-state index contributed by atoms with van der Waals surface area (Å²) in [6.45, 7) is 2.88. The summed E-state index contributed by atoms with van der Waals surface area (Å²) in [6, 6.07) is 6.90. The molecule has 0 saturated carbocycles. The summed E-state index contributed by atoms with van der Waals surface area (Å²) in [5, 5.41) is 0. The van der Waals surface area contributed by atoms with E-state index in [9.17, 15) is 22.3 Å². The fraction of sp³-hybridized carbons (Fsp3) is 0.562. The number of carbonyl (C=O) groups excluding carboxylic acids is 1. The molecule has 0 spiro atoms. The highest BCUT2D eigenvalue weighted by Gasteiger charge is 2.08. The van der Waals surface area contributed by atoms with Gasteiger partial charge in [-0.25, -0.2) is 0 Å². The van der Waals surface area contributed by atoms with Crippen molar-refractivity contribution in [1.29, 1.82) is 0 Å². The van der Waals surface area contributed by atoms with Crippen LogP contribution in [0.5, 0.6) is 5.75 Å². The minimum absolute atomic E-state index is 0.0523. The van der Waals surface area contributed by atoms with Crippen LogP contribution in [0.4, 0.5) is 5.69 Å². The molecule has 0 saturated heterocycles. The van der Waals surface area contributed by atoms with Gasteiger partial charge in [-0.15, -0.1) is 0 Å². The van der Waals surface area contributed by atoms with Crippen LogP contribution in [-0.4, -0.2) is 48.1 Å². The summed E-state index contributed by atoms with van der Waals surface area (Å²) in [6.07, 6.45) is 1.97. The molecule has 0 aliphatic rings. The predicted octanol–water partition coefficient (Wildman–Crippen LogP) is 1.74. The second-order valence-corrected chi connectivity index (χ2v) is 7.46. The van der Waals surface area contributed by atoms with Gasteiger partial charge >= 0.3 is 5.97 Å². The van der Waals surface area contributed by atoms with Crippen LogP contribution in [0, 0.1) is 0 Å². The van der Waals surface area contributed by atoms with Crippen molar-refractivity contribution in [2.75, 3.05) is 29.5 Å². The van der Waals surface area contributed by atoms with E-state index in [-0.39, 0.29) is 17.5 Å². The van der Waals surface area contributed by atoms with Crippen molar-refractivity contribution in [2.45, 2.75) is 32.6 Å². The van der Waals surface area contributed by atoms with E-state index in [2.05, 4.69) is 0 Å². The molecule has 0 fully saturated rings. The van der Waals surface area contributed by atoms with Crippen LogP contribution in [0.25, 0.3) is 0 Å². The average Bonchev–Trinajstić information content (AvgIpc) is 2.54. The number of anilines is 1. The summed E-state index contributed by atoms with van der Waals surface area (Å²) in [7, 11) is 0. The van der Waals surface area contributed by atoms with Crippen molar-refractivity contribution < 1.29 is 27.1 Å². The molecule has 0 N–H and O–H groups in total. The zero-order chi connectivity index (χ0) is 18.7. The normalized spacial score (nSPS) is 13.2. The van der Waals surface area contributed by atoms with Gasteiger partial charge in [0.1, 0.15) is 5.75 Å². The Labute approximate surface area is 153 Å². The Kier molecular flexibility index (Phi) is 10.6. The standard InChI is InChI=1S/C16H25NO6S2/c1-2-5-16(18)23-15-8-6-14(7-9-15)17(10-3-12-24(19)20)11-4-13-25(21)22/h6-9H,2-5,10-13H2,1H3,(H,19,20)(H,21,22)/p-2. The summed E-state index contributed by atoms with van der Waals surface area (Å²) in [5.74, 6) is 0.263. The first-order valence-electron chi connectivity index (χ1n) is 8.09. The summed E-state index contributed by atoms with van der Waals surface area (Å²) in [4.78, 5) is 13.4. The molecule has 1 rings (SSSR count). The van der Waals surface area contributed by atoms with Gasteiger partial charge in [0, 0.05) is 36.7 Å². The third-order valence-corrected chi connectivity index (χ3v) is 4.61. The van der Waals surface area contributed by atoms with E-state index in [1.165, 1.54) is 0 Å². The molecule has 9 heteroatoms. The van der Waals surface area contributed by atoms with E-state index in [1.54, 1.807) is 24.3 Å². The third-order valence-electron chi connectivity index (χ3n) is 3.37. The molecule has 0 aliphatic heterocycles. The van der Waals surface area contributed by atoms with Crippen molar-refractivity contribution in [1.82, 2.24) is 0 Å². The lowest BCUT2D eigenvalue weighted by Gasteiger charge is -2.25. The number of esters is 1. The Morgan fingerprint density at radius 3 is 2.00 bits per heavy atom. The lowest BCUT2D eigenvalue weighted by atomic mass is 10.2. The van der Waals surface area contributed by atoms with Gasteiger partial charge < -0.3 is 18.7 Å². The van der Waals surface area contributed by atoms with Crippen molar-refractivity contribution in [3.8, 4) is 5.75 Å². The Morgan fingerprint density at radius 1 is 1.04 bits per heavy atom. The largest absolute Gasteiger partial charge is 0.772 e. The van der Waals surface area contributed by atoms with Gasteiger partial charge in [-0.1, -0.05) is 29.1 Å². The molecule has 0 aliphatic carbocycles. The van der Waals surface area contributed by atoms with Crippen LogP contribution in [0.3, 0.4) is 0 Å². The number of hydrogen-bond donors (Lipinski definition) is 0. The van der Waals surface area contributed by atoms with Crippen molar-refractivity contribution >= 4 is 33.8 Å². The van der Waals surface area contributed by atoms with Gasteiger partial charge in [0.25, 0.3) is 0 Å². The molecule has 142 valence electrons. The number of ether oxygens (including phenoxy) is 1. The Hall–Kier alpha value is -1.29. The highest BCUT2D eigenvalue weighted by atomic mass is 32.2. The second kappa shape index (κ2) is 12.1. The monoisotopic (exact) mass is 389 g/mol. The fourth-order valence-corrected chi connectivity index (χ4v) is 2.96. The number of nitrogens with zero attached hydrogens (tertiary/aromatic N) is 1. The molecule has 0 amide bonds. The van der Waals surface area contributed by atoms with Gasteiger partial charge in [-0.3, -0.25) is 13.2 Å². The molecule has 2 unspecified atom stereocenters. The maximum Gasteiger partial charge on any atom is 0.311 e. The van der Waals surface area contributed by atoms with Crippen molar-refractivity contribution in [3.05, 3.63) is 24.3 Å². The van der Waals surface area contributed by atoms with Gasteiger partial charge in [-0.2, -0.15) is 0 Å². The number of carbonyl (C=O) groups is 1. The molecule has 1 aromatic carbocycles. The first-order chi connectivity index (χ1) is 11.9. The Balaban J connectivity index is 2.69. The van der Waals surface area contributed by atoms with Gasteiger partial charge in [-0.05, 0) is 43.5 Å². The molecule has 25 heavy (non-hydrogen) atoms. The Morgan fingerprint density at radius 2 is 1.56 bits per heavy atom. The zero-order valence-electron chi connectivity index (χ0n) is 14.2. The van der Waals surface area contributed by atoms with Gasteiger partial charge in [0.2, 0.25) is 0 Å². The smallest absolute Gasteiger partial charge is 0.311 e. The molecule has 7 nitrogen and oxygen atoms in total. The molecule has 0 aromatic heterocycles. The first-order valence-corrected chi connectivity index (χ1v) is 10.6. The van der Waals surface area contributed by atoms with Crippen LogP contribution in [0.2, 0.25) is 0 Å². The fourth-order valence-electron chi connectivity index (χ4n) is 2.23. The summed E-state index contributed by atoms with van der Waals surface area (Å²) >= 11 is -4.19. The maximum atomic E-state index is 11.5. The van der Waals surface area contributed by atoms with E-state index in [0.717, 1.165) is 5.69 Å². The predicted molar refractivity (Wildman–Crippen MR) is 96.0 cm³/mol. The number of rotatable bonds is 12. The van der Waals surface area contributed by atoms with E-state index in [1.807, 2.05) is 11.8 Å². The zero-order valence-corrected chi connectivity index (χ0v) is 15.8. The van der Waals surface area contributed by atoms with Crippen LogP contribution in [0.15, 0.2) is 24.3 Å². The highest BCUT2D eigenvalue weighted by molar-refractivity contribution is 7.79. The Bertz CT molecular complexity index is 558. The minimum Gasteiger partial charge on any atom is -0.772 e. The lowest BCUT2D eigenvalue weighted by Crippen LogP contribution is -2.27. The van der Waals surface area contributed by atoms with E-state index in [4.69, 9.17) is 4.74 Å². The molecule has 1 aromatic rings. The first kappa shape index (κ1) is 21.8. The average molecular weight is 389 g/mol. The second-order valence-electron chi connectivity index (χ2n) is 5.43. The quantitative estimate of drug-likeness (QED) is 0.304. The maximum absolute atomic E-state index is 11.5. The SMILES string of the molecule is CCCC(=O)Oc1ccc(N(CCCS(=O)[O-])CCCS(=O)[O-])cc1. The topological polar surface area (TPSA) is 110 Å². The minimum atomic E-state index is -2.10. The molecular formula is C16H23NO6S2-2. The van der Waals surface area contributed by atoms with Crippen LogP contribution in [-0.2, 0) is 27.0 Å². The van der Waals surface area contributed by atoms with Crippen LogP contribution >= 0.6 is 0 Å². The van der Waals surface area contributed by atoms with Crippen LogP contribution in [0.1, 0.15) is 32.6 Å². The summed E-state index contributed by atoms with van der Waals surface area (Å²) < 4.78 is 47.9. The van der Waals surface area contributed by atoms with Crippen molar-refractivity contribution in [3.63, 3.8) is 0 Å². The molecule has 0 heterocycles. The van der Waals surface area contributed by atoms with E-state index in [0.29, 0.717) is 44.5 Å². The van der Waals surface area contributed by atoms with E-state index >= 15 is 0 Å². The third kappa shape index (κ3) is 9.69. The number of hydrogen-bond acceptors (Lipinski definition) is 7. The molecular weight excluding hydrogens is 366 g/mol. The molecule has 0 radical (unpaired) electrons. The van der Waals surface area contributed by atoms with Gasteiger partial charge in [0.15, 0.2) is 0 Å². The lowest BCUT2D eigenvalue weighted by molar-refractivity contribution is -0.134. The molecule has 2 atom stereocenters. The van der Waals surface area contributed by atoms with Gasteiger partial charge in [0.05, 0.1) is 0 Å². The molecule has 0 bridgehead atoms. The number of benzene rings is 1. The summed E-state index contributed by atoms with van der Waals surface area (Å²) in [5.41, 5.74) is 0.823. The highest BCUT2D eigenvalue weighted by Crippen LogP contribution is 2.20. The van der Waals surface area contributed by atoms with Crippen molar-refractivity contribution in [2.24, 2.45) is 0 Å².